The van der Waals surface area contributed by atoms with Crippen LogP contribution in [0.4, 0.5) is 0 Å². The van der Waals surface area contributed by atoms with Crippen LogP contribution in [-0.4, -0.2) is 59.3 Å². The molecule has 0 unspecified atom stereocenters. The Labute approximate surface area is 122 Å². The molecule has 0 aliphatic carbocycles. The molecule has 2 saturated heterocycles. The van der Waals surface area contributed by atoms with Crippen molar-refractivity contribution in [1.82, 2.24) is 9.80 Å². The van der Waals surface area contributed by atoms with Gasteiger partial charge in [-0.2, -0.15) is 0 Å². The first-order valence-electron chi connectivity index (χ1n) is 7.84. The van der Waals surface area contributed by atoms with Gasteiger partial charge in [0.15, 0.2) is 0 Å². The van der Waals surface area contributed by atoms with Gasteiger partial charge in [-0.05, 0) is 24.8 Å². The predicted molar refractivity (Wildman–Crippen MR) is 81.9 cm³/mol. The summed E-state index contributed by atoms with van der Waals surface area (Å²) >= 11 is 0. The van der Waals surface area contributed by atoms with Gasteiger partial charge in [0.2, 0.25) is 0 Å². The smallest absolute Gasteiger partial charge is 0.0682 e. The molecule has 110 valence electrons. The van der Waals surface area contributed by atoms with Gasteiger partial charge in [-0.1, -0.05) is 37.3 Å². The number of piperazine rings is 1. The van der Waals surface area contributed by atoms with Gasteiger partial charge in [-0.3, -0.25) is 9.80 Å². The first-order chi connectivity index (χ1) is 9.63. The summed E-state index contributed by atoms with van der Waals surface area (Å²) in [5.41, 5.74) is 1.42. The topological polar surface area (TPSA) is 26.7 Å². The van der Waals surface area contributed by atoms with Crippen LogP contribution in [0, 0.1) is 0 Å². The molecule has 3 heteroatoms. The van der Waals surface area contributed by atoms with Crippen LogP contribution in [-0.2, 0) is 0 Å². The Hall–Kier alpha value is -0.900. The van der Waals surface area contributed by atoms with E-state index in [-0.39, 0.29) is 6.10 Å². The standard InChI is InChI=1S/C17H26N2O/c1-13(15-6-4-3-5-7-15)9-18-11-16-8-17(20)12-19(16)10-14(18)2/h3-7,13-14,16-17,20H,8-12H2,1-2H3/t13-,14+,16+,17+/m0/s1. The van der Waals surface area contributed by atoms with Gasteiger partial charge in [0.25, 0.3) is 0 Å². The third-order valence-electron chi connectivity index (χ3n) is 4.95. The second-order valence-corrected chi connectivity index (χ2v) is 6.61. The predicted octanol–water partition coefficient (Wildman–Crippen LogP) is 1.93. The van der Waals surface area contributed by atoms with Crippen molar-refractivity contribution >= 4 is 0 Å². The van der Waals surface area contributed by atoms with Gasteiger partial charge in [0.05, 0.1) is 6.10 Å². The molecular weight excluding hydrogens is 248 g/mol. The summed E-state index contributed by atoms with van der Waals surface area (Å²) in [6, 6.07) is 11.9. The Morgan fingerprint density at radius 3 is 2.70 bits per heavy atom. The van der Waals surface area contributed by atoms with E-state index in [0.717, 1.165) is 32.6 Å². The summed E-state index contributed by atoms with van der Waals surface area (Å²) in [5.74, 6) is 0.566. The number of benzene rings is 1. The Morgan fingerprint density at radius 1 is 1.20 bits per heavy atom. The van der Waals surface area contributed by atoms with Crippen molar-refractivity contribution in [1.29, 1.82) is 0 Å². The lowest BCUT2D eigenvalue weighted by molar-refractivity contribution is 0.0549. The third kappa shape index (κ3) is 2.90. The van der Waals surface area contributed by atoms with E-state index in [2.05, 4.69) is 54.0 Å². The number of aliphatic hydroxyl groups is 1. The molecule has 4 atom stereocenters. The highest BCUT2D eigenvalue weighted by molar-refractivity contribution is 5.19. The molecule has 0 radical (unpaired) electrons. The molecule has 0 spiro atoms. The molecule has 2 aliphatic rings. The van der Waals surface area contributed by atoms with E-state index >= 15 is 0 Å². The average molecular weight is 274 g/mol. The van der Waals surface area contributed by atoms with E-state index in [1.807, 2.05) is 0 Å². The van der Waals surface area contributed by atoms with Crippen molar-refractivity contribution < 1.29 is 5.11 Å². The second kappa shape index (κ2) is 5.84. The summed E-state index contributed by atoms with van der Waals surface area (Å²) in [7, 11) is 0. The molecular formula is C17H26N2O. The zero-order valence-electron chi connectivity index (χ0n) is 12.6. The minimum atomic E-state index is -0.112. The van der Waals surface area contributed by atoms with Crippen molar-refractivity contribution in [3.63, 3.8) is 0 Å². The highest BCUT2D eigenvalue weighted by Crippen LogP contribution is 2.27. The Morgan fingerprint density at radius 2 is 1.95 bits per heavy atom. The second-order valence-electron chi connectivity index (χ2n) is 6.61. The molecule has 0 saturated carbocycles. The average Bonchev–Trinajstić information content (AvgIpc) is 2.79. The maximum absolute atomic E-state index is 9.83. The van der Waals surface area contributed by atoms with Crippen LogP contribution in [0.2, 0.25) is 0 Å². The number of hydrogen-bond donors (Lipinski definition) is 1. The van der Waals surface area contributed by atoms with E-state index < -0.39 is 0 Å². The third-order valence-corrected chi connectivity index (χ3v) is 4.95. The molecule has 2 aliphatic heterocycles. The Kier molecular flexibility index (Phi) is 4.11. The van der Waals surface area contributed by atoms with E-state index in [9.17, 15) is 5.11 Å². The fourth-order valence-electron chi connectivity index (χ4n) is 3.77. The summed E-state index contributed by atoms with van der Waals surface area (Å²) in [6.07, 6.45) is 0.835. The molecule has 0 amide bonds. The van der Waals surface area contributed by atoms with Crippen molar-refractivity contribution in [2.75, 3.05) is 26.2 Å². The van der Waals surface area contributed by atoms with Crippen LogP contribution in [0.3, 0.4) is 0 Å². The van der Waals surface area contributed by atoms with E-state index in [1.165, 1.54) is 5.56 Å². The maximum Gasteiger partial charge on any atom is 0.0682 e. The highest BCUT2D eigenvalue weighted by Gasteiger charge is 2.38. The monoisotopic (exact) mass is 274 g/mol. The molecule has 1 N–H and O–H groups in total. The summed E-state index contributed by atoms with van der Waals surface area (Å²) in [4.78, 5) is 5.08. The molecule has 1 aromatic carbocycles. The minimum Gasteiger partial charge on any atom is -0.392 e. The fraction of sp³-hybridized carbons (Fsp3) is 0.647. The molecule has 3 nitrogen and oxygen atoms in total. The first kappa shape index (κ1) is 14.1. The normalized spacial score (nSPS) is 33.0. The van der Waals surface area contributed by atoms with Gasteiger partial charge in [0.1, 0.15) is 0 Å². The SMILES string of the molecule is C[C@@H]1CN2C[C@H](O)C[C@@H]2CN1C[C@H](C)c1ccccc1. The largest absolute Gasteiger partial charge is 0.392 e. The van der Waals surface area contributed by atoms with Crippen molar-refractivity contribution in [2.45, 2.75) is 44.4 Å². The fourth-order valence-corrected chi connectivity index (χ4v) is 3.77. The number of aliphatic hydroxyl groups excluding tert-OH is 1. The van der Waals surface area contributed by atoms with Crippen molar-refractivity contribution in [3.05, 3.63) is 35.9 Å². The number of nitrogens with zero attached hydrogens (tertiary/aromatic N) is 2. The lowest BCUT2D eigenvalue weighted by Crippen LogP contribution is -2.55. The lowest BCUT2D eigenvalue weighted by Gasteiger charge is -2.43. The maximum atomic E-state index is 9.83. The van der Waals surface area contributed by atoms with Gasteiger partial charge in [-0.15, -0.1) is 0 Å². The summed E-state index contributed by atoms with van der Waals surface area (Å²) in [5, 5.41) is 9.83. The summed E-state index contributed by atoms with van der Waals surface area (Å²) < 4.78 is 0. The van der Waals surface area contributed by atoms with Crippen LogP contribution >= 0.6 is 0 Å². The molecule has 20 heavy (non-hydrogen) atoms. The van der Waals surface area contributed by atoms with Crippen LogP contribution in [0.15, 0.2) is 30.3 Å². The van der Waals surface area contributed by atoms with Gasteiger partial charge < -0.3 is 5.11 Å². The van der Waals surface area contributed by atoms with Crippen molar-refractivity contribution in [3.8, 4) is 0 Å². The van der Waals surface area contributed by atoms with E-state index in [1.54, 1.807) is 0 Å². The molecule has 0 bridgehead atoms. The van der Waals surface area contributed by atoms with E-state index in [0.29, 0.717) is 18.0 Å². The Bertz CT molecular complexity index is 436. The zero-order chi connectivity index (χ0) is 14.1. The molecule has 2 heterocycles. The van der Waals surface area contributed by atoms with Gasteiger partial charge in [0, 0.05) is 38.3 Å². The van der Waals surface area contributed by atoms with Crippen LogP contribution < -0.4 is 0 Å². The van der Waals surface area contributed by atoms with Crippen LogP contribution in [0.5, 0.6) is 0 Å². The highest BCUT2D eigenvalue weighted by atomic mass is 16.3. The summed E-state index contributed by atoms with van der Waals surface area (Å²) in [6.45, 7) is 8.83. The van der Waals surface area contributed by atoms with Crippen LogP contribution in [0.25, 0.3) is 0 Å². The van der Waals surface area contributed by atoms with Crippen molar-refractivity contribution in [2.24, 2.45) is 0 Å². The van der Waals surface area contributed by atoms with Gasteiger partial charge >= 0.3 is 0 Å². The zero-order valence-corrected chi connectivity index (χ0v) is 12.6. The quantitative estimate of drug-likeness (QED) is 0.912. The molecule has 3 rings (SSSR count). The lowest BCUT2D eigenvalue weighted by atomic mass is 9.98. The first-order valence-corrected chi connectivity index (χ1v) is 7.84. The molecule has 1 aromatic rings. The minimum absolute atomic E-state index is 0.112. The Balaban J connectivity index is 1.63. The number of rotatable bonds is 3. The number of fused-ring (bicyclic) bond motifs is 1. The molecule has 2 fully saturated rings. The van der Waals surface area contributed by atoms with E-state index in [4.69, 9.17) is 0 Å². The van der Waals surface area contributed by atoms with Crippen LogP contribution in [0.1, 0.15) is 31.7 Å². The molecule has 0 aromatic heterocycles. The number of hydrogen-bond acceptors (Lipinski definition) is 3. The van der Waals surface area contributed by atoms with Gasteiger partial charge in [-0.25, -0.2) is 0 Å².